The summed E-state index contributed by atoms with van der Waals surface area (Å²) in [6.45, 7) is 0.693. The summed E-state index contributed by atoms with van der Waals surface area (Å²) in [4.78, 5) is 8.48. The second-order valence-electron chi connectivity index (χ2n) is 4.29. The van der Waals surface area contributed by atoms with Crippen molar-refractivity contribution in [2.45, 2.75) is 12.5 Å². The smallest absolute Gasteiger partial charge is 0.226 e. The van der Waals surface area contributed by atoms with E-state index < -0.39 is 0 Å². The average Bonchev–Trinajstić information content (AvgIpc) is 2.48. The fraction of sp³-hybridized carbons (Fsp3) is 0.286. The lowest BCUT2D eigenvalue weighted by Gasteiger charge is -2.26. The van der Waals surface area contributed by atoms with Gasteiger partial charge in [0.05, 0.1) is 19.8 Å². The fourth-order valence-electron chi connectivity index (χ4n) is 2.17. The van der Waals surface area contributed by atoms with Crippen molar-refractivity contribution in [3.05, 3.63) is 42.1 Å². The molecule has 3 rings (SSSR count). The number of fused-ring (bicyclic) bond motifs is 1. The van der Waals surface area contributed by atoms with Gasteiger partial charge >= 0.3 is 0 Å². The van der Waals surface area contributed by atoms with Gasteiger partial charge in [0.2, 0.25) is 11.8 Å². The summed E-state index contributed by atoms with van der Waals surface area (Å²) in [5.74, 6) is 2.05. The molecule has 98 valence electrons. The van der Waals surface area contributed by atoms with Gasteiger partial charge in [-0.05, 0) is 6.07 Å². The van der Waals surface area contributed by atoms with E-state index in [2.05, 4.69) is 21.4 Å². The van der Waals surface area contributed by atoms with Crippen LogP contribution in [0.25, 0.3) is 0 Å². The molecule has 0 saturated carbocycles. The highest BCUT2D eigenvalue weighted by atomic mass is 16.5. The maximum atomic E-state index is 5.63. The Morgan fingerprint density at radius 2 is 2.21 bits per heavy atom. The molecule has 2 aromatic rings. The lowest BCUT2D eigenvalue weighted by molar-refractivity contribution is 0.274. The van der Waals surface area contributed by atoms with Crippen molar-refractivity contribution in [3.8, 4) is 11.6 Å². The Hall–Kier alpha value is -2.30. The molecule has 1 unspecified atom stereocenters. The fourth-order valence-corrected chi connectivity index (χ4v) is 2.17. The number of para-hydroxylation sites is 1. The number of aromatic nitrogens is 2. The molecule has 0 fully saturated rings. The van der Waals surface area contributed by atoms with Gasteiger partial charge in [-0.3, -0.25) is 0 Å². The molecule has 1 aliphatic heterocycles. The summed E-state index contributed by atoms with van der Waals surface area (Å²) in [7, 11) is 1.59. The van der Waals surface area contributed by atoms with E-state index in [1.165, 1.54) is 0 Å². The van der Waals surface area contributed by atoms with Crippen LogP contribution in [-0.4, -0.2) is 23.7 Å². The number of hydrogen-bond donors (Lipinski definition) is 1. The van der Waals surface area contributed by atoms with Crippen LogP contribution < -0.4 is 14.8 Å². The number of rotatable bonds is 3. The number of hydrogen-bond acceptors (Lipinski definition) is 5. The Bertz CT molecular complexity index is 574. The maximum Gasteiger partial charge on any atom is 0.226 e. The zero-order chi connectivity index (χ0) is 13.1. The predicted molar refractivity (Wildman–Crippen MR) is 71.5 cm³/mol. The van der Waals surface area contributed by atoms with Crippen molar-refractivity contribution < 1.29 is 9.47 Å². The molecule has 0 aliphatic carbocycles. The molecular weight excluding hydrogens is 242 g/mol. The van der Waals surface area contributed by atoms with Crippen LogP contribution >= 0.6 is 0 Å². The second-order valence-corrected chi connectivity index (χ2v) is 4.29. The number of ether oxygens (including phenoxy) is 2. The molecule has 1 N–H and O–H groups in total. The monoisotopic (exact) mass is 257 g/mol. The van der Waals surface area contributed by atoms with E-state index >= 15 is 0 Å². The summed E-state index contributed by atoms with van der Waals surface area (Å²) >= 11 is 0. The van der Waals surface area contributed by atoms with E-state index in [1.54, 1.807) is 19.4 Å². The Morgan fingerprint density at radius 3 is 3.11 bits per heavy atom. The van der Waals surface area contributed by atoms with Crippen LogP contribution in [0.3, 0.4) is 0 Å². The average molecular weight is 257 g/mol. The third-order valence-electron chi connectivity index (χ3n) is 3.10. The molecule has 1 aliphatic rings. The van der Waals surface area contributed by atoms with Crippen molar-refractivity contribution >= 4 is 5.95 Å². The quantitative estimate of drug-likeness (QED) is 0.915. The van der Waals surface area contributed by atoms with Crippen LogP contribution in [0.4, 0.5) is 5.95 Å². The van der Waals surface area contributed by atoms with Crippen LogP contribution in [0.2, 0.25) is 0 Å². The van der Waals surface area contributed by atoms with E-state index in [1.807, 2.05) is 18.2 Å². The zero-order valence-corrected chi connectivity index (χ0v) is 10.7. The first kappa shape index (κ1) is 11.8. The van der Waals surface area contributed by atoms with Crippen LogP contribution in [-0.2, 0) is 0 Å². The zero-order valence-electron chi connectivity index (χ0n) is 10.7. The molecule has 19 heavy (non-hydrogen) atoms. The lowest BCUT2D eigenvalue weighted by atomic mass is 10.0. The van der Waals surface area contributed by atoms with Gasteiger partial charge in [-0.2, -0.15) is 4.98 Å². The van der Waals surface area contributed by atoms with E-state index in [4.69, 9.17) is 9.47 Å². The molecule has 0 radical (unpaired) electrons. The van der Waals surface area contributed by atoms with E-state index in [0.717, 1.165) is 17.7 Å². The Labute approximate surface area is 111 Å². The maximum absolute atomic E-state index is 5.63. The van der Waals surface area contributed by atoms with Gasteiger partial charge in [-0.25, -0.2) is 4.98 Å². The van der Waals surface area contributed by atoms with Crippen LogP contribution in [0.1, 0.15) is 18.0 Å². The van der Waals surface area contributed by atoms with Crippen molar-refractivity contribution in [2.24, 2.45) is 0 Å². The third kappa shape index (κ3) is 2.45. The van der Waals surface area contributed by atoms with Gasteiger partial charge in [-0.15, -0.1) is 0 Å². The van der Waals surface area contributed by atoms with E-state index in [0.29, 0.717) is 18.4 Å². The molecular formula is C14H15N3O2. The molecule has 0 spiro atoms. The summed E-state index contributed by atoms with van der Waals surface area (Å²) in [6.07, 6.45) is 2.57. The highest BCUT2D eigenvalue weighted by molar-refractivity contribution is 5.42. The van der Waals surface area contributed by atoms with E-state index in [9.17, 15) is 0 Å². The molecule has 5 nitrogen and oxygen atoms in total. The third-order valence-corrected chi connectivity index (χ3v) is 3.10. The van der Waals surface area contributed by atoms with Gasteiger partial charge in [0.1, 0.15) is 5.75 Å². The van der Waals surface area contributed by atoms with Crippen molar-refractivity contribution in [2.75, 3.05) is 19.0 Å². The Kier molecular flexibility index (Phi) is 3.18. The minimum absolute atomic E-state index is 0.164. The number of nitrogens with one attached hydrogen (secondary N) is 1. The van der Waals surface area contributed by atoms with Gasteiger partial charge < -0.3 is 14.8 Å². The SMILES string of the molecule is COc1ccnc(NC2CCOc3ccccc32)n1. The predicted octanol–water partition coefficient (Wildman–Crippen LogP) is 2.42. The Morgan fingerprint density at radius 1 is 1.32 bits per heavy atom. The summed E-state index contributed by atoms with van der Waals surface area (Å²) in [6, 6.07) is 9.92. The largest absolute Gasteiger partial charge is 0.493 e. The van der Waals surface area contributed by atoms with Crippen LogP contribution in [0, 0.1) is 0 Å². The van der Waals surface area contributed by atoms with Gasteiger partial charge in [-0.1, -0.05) is 18.2 Å². The summed E-state index contributed by atoms with van der Waals surface area (Å²) < 4.78 is 10.7. The van der Waals surface area contributed by atoms with Crippen LogP contribution in [0.15, 0.2) is 36.5 Å². The highest BCUT2D eigenvalue weighted by Gasteiger charge is 2.21. The Balaban J connectivity index is 1.84. The molecule has 0 saturated heterocycles. The number of nitrogens with zero attached hydrogens (tertiary/aromatic N) is 2. The normalized spacial score (nSPS) is 17.2. The molecule has 0 bridgehead atoms. The number of anilines is 1. The topological polar surface area (TPSA) is 56.3 Å². The molecule has 1 aromatic heterocycles. The lowest BCUT2D eigenvalue weighted by Crippen LogP contribution is -2.21. The first-order valence-corrected chi connectivity index (χ1v) is 6.22. The summed E-state index contributed by atoms with van der Waals surface area (Å²) in [5.41, 5.74) is 1.14. The van der Waals surface area contributed by atoms with Gasteiger partial charge in [0, 0.05) is 24.2 Å². The molecule has 5 heteroatoms. The minimum atomic E-state index is 0.164. The second kappa shape index (κ2) is 5.14. The molecule has 0 amide bonds. The van der Waals surface area contributed by atoms with Crippen molar-refractivity contribution in [3.63, 3.8) is 0 Å². The van der Waals surface area contributed by atoms with Crippen molar-refractivity contribution in [1.82, 2.24) is 9.97 Å². The standard InChI is InChI=1S/C14H15N3O2/c1-18-13-6-8-15-14(17-13)16-11-7-9-19-12-5-3-2-4-10(11)12/h2-6,8,11H,7,9H2,1H3,(H,15,16,17). The van der Waals surface area contributed by atoms with Gasteiger partial charge in [0.15, 0.2) is 0 Å². The van der Waals surface area contributed by atoms with Gasteiger partial charge in [0.25, 0.3) is 0 Å². The summed E-state index contributed by atoms with van der Waals surface area (Å²) in [5, 5.41) is 3.33. The molecule has 1 aromatic carbocycles. The molecule has 1 atom stereocenters. The minimum Gasteiger partial charge on any atom is -0.493 e. The first-order valence-electron chi connectivity index (χ1n) is 6.22. The van der Waals surface area contributed by atoms with Crippen LogP contribution in [0.5, 0.6) is 11.6 Å². The highest BCUT2D eigenvalue weighted by Crippen LogP contribution is 2.33. The first-order chi connectivity index (χ1) is 9.36. The molecule has 2 heterocycles. The van der Waals surface area contributed by atoms with E-state index in [-0.39, 0.29) is 6.04 Å². The van der Waals surface area contributed by atoms with Crippen molar-refractivity contribution in [1.29, 1.82) is 0 Å². The number of benzene rings is 1. The number of methoxy groups -OCH3 is 1.